The molecule has 0 saturated carbocycles. The van der Waals surface area contributed by atoms with E-state index in [0.717, 1.165) is 29.7 Å². The van der Waals surface area contributed by atoms with Crippen molar-refractivity contribution >= 4 is 16.9 Å². The molecule has 2 aromatic carbocycles. The van der Waals surface area contributed by atoms with Crippen molar-refractivity contribution in [2.24, 2.45) is 0 Å². The van der Waals surface area contributed by atoms with Crippen molar-refractivity contribution in [2.45, 2.75) is 26.2 Å². The summed E-state index contributed by atoms with van der Waals surface area (Å²) in [5.41, 5.74) is 3.46. The molecule has 0 spiro atoms. The van der Waals surface area contributed by atoms with Gasteiger partial charge in [-0.1, -0.05) is 32.9 Å². The van der Waals surface area contributed by atoms with Crippen molar-refractivity contribution in [3.8, 4) is 17.1 Å². The monoisotopic (exact) mass is 422 g/mol. The number of rotatable bonds is 4. The highest BCUT2D eigenvalue weighted by Crippen LogP contribution is 2.37. The van der Waals surface area contributed by atoms with Gasteiger partial charge in [-0.05, 0) is 35.2 Å². The number of para-hydroxylation sites is 1. The van der Waals surface area contributed by atoms with Crippen LogP contribution in [0.5, 0.6) is 5.75 Å². The molecule has 1 fully saturated rings. The van der Waals surface area contributed by atoms with Gasteiger partial charge in [0.2, 0.25) is 0 Å². The van der Waals surface area contributed by atoms with E-state index in [0.29, 0.717) is 36.6 Å². The van der Waals surface area contributed by atoms with Crippen LogP contribution in [0, 0.1) is 0 Å². The molecule has 7 nitrogen and oxygen atoms in total. The Morgan fingerprint density at radius 1 is 1.13 bits per heavy atom. The Morgan fingerprint density at radius 3 is 2.55 bits per heavy atom. The summed E-state index contributed by atoms with van der Waals surface area (Å²) in [6.45, 7) is 9.81. The van der Waals surface area contributed by atoms with E-state index in [2.05, 4.69) is 35.6 Å². The topological polar surface area (TPSA) is 92.7 Å². The van der Waals surface area contributed by atoms with Gasteiger partial charge in [0.15, 0.2) is 0 Å². The lowest BCUT2D eigenvalue weighted by Gasteiger charge is -2.34. The van der Waals surface area contributed by atoms with Crippen LogP contribution in [-0.4, -0.2) is 75.2 Å². The first-order valence-electron chi connectivity index (χ1n) is 10.7. The van der Waals surface area contributed by atoms with Crippen LogP contribution in [-0.2, 0) is 5.41 Å². The number of nitrogens with one attached hydrogen (secondary N) is 1. The van der Waals surface area contributed by atoms with Gasteiger partial charge < -0.3 is 20.1 Å². The Labute approximate surface area is 182 Å². The molecule has 3 aromatic rings. The summed E-state index contributed by atoms with van der Waals surface area (Å²) in [7, 11) is 0. The predicted molar refractivity (Wildman–Crippen MR) is 121 cm³/mol. The lowest BCUT2D eigenvalue weighted by Crippen LogP contribution is -2.49. The van der Waals surface area contributed by atoms with E-state index in [1.54, 1.807) is 6.07 Å². The van der Waals surface area contributed by atoms with Gasteiger partial charge in [-0.3, -0.25) is 9.69 Å². The summed E-state index contributed by atoms with van der Waals surface area (Å²) in [5, 5.41) is 19.9. The number of aliphatic hydroxyl groups is 1. The van der Waals surface area contributed by atoms with Crippen LogP contribution in [0.25, 0.3) is 22.4 Å². The second-order valence-corrected chi connectivity index (χ2v) is 9.13. The SMILES string of the molecule is CC(C)(C)c1cccc(-c2nc3ccc(C(=O)N4CCN(CCO)CC4)cc3[nH]2)c1O. The molecule has 1 amide bonds. The second-order valence-electron chi connectivity index (χ2n) is 9.13. The number of benzene rings is 2. The highest BCUT2D eigenvalue weighted by Gasteiger charge is 2.23. The van der Waals surface area contributed by atoms with Crippen molar-refractivity contribution in [1.82, 2.24) is 19.8 Å². The van der Waals surface area contributed by atoms with Crippen LogP contribution in [0.2, 0.25) is 0 Å². The number of hydrogen-bond donors (Lipinski definition) is 3. The summed E-state index contributed by atoms with van der Waals surface area (Å²) in [6.07, 6.45) is 0. The number of H-pyrrole nitrogens is 1. The van der Waals surface area contributed by atoms with Gasteiger partial charge in [0.1, 0.15) is 11.6 Å². The largest absolute Gasteiger partial charge is 0.507 e. The van der Waals surface area contributed by atoms with Crippen molar-refractivity contribution in [3.05, 3.63) is 47.5 Å². The Kier molecular flexibility index (Phi) is 5.73. The first-order valence-corrected chi connectivity index (χ1v) is 10.7. The fourth-order valence-corrected chi connectivity index (χ4v) is 4.11. The third kappa shape index (κ3) is 4.29. The zero-order chi connectivity index (χ0) is 22.2. The molecule has 1 saturated heterocycles. The normalized spacial score (nSPS) is 15.5. The first kappa shape index (κ1) is 21.3. The Morgan fingerprint density at radius 2 is 1.87 bits per heavy atom. The molecule has 1 aromatic heterocycles. The van der Waals surface area contributed by atoms with Crippen LogP contribution in [0.4, 0.5) is 0 Å². The number of piperazine rings is 1. The smallest absolute Gasteiger partial charge is 0.254 e. The zero-order valence-electron chi connectivity index (χ0n) is 18.4. The minimum atomic E-state index is -0.188. The molecule has 0 atom stereocenters. The lowest BCUT2D eigenvalue weighted by atomic mass is 9.85. The third-order valence-electron chi connectivity index (χ3n) is 5.90. The highest BCUT2D eigenvalue weighted by molar-refractivity contribution is 5.98. The molecular weight excluding hydrogens is 392 g/mol. The number of aromatic hydroxyl groups is 1. The Hall–Kier alpha value is -2.90. The van der Waals surface area contributed by atoms with Crippen LogP contribution < -0.4 is 0 Å². The maximum atomic E-state index is 13.0. The van der Waals surface area contributed by atoms with Gasteiger partial charge in [-0.15, -0.1) is 0 Å². The van der Waals surface area contributed by atoms with Crippen molar-refractivity contribution in [1.29, 1.82) is 0 Å². The number of carbonyl (C=O) groups excluding carboxylic acids is 1. The van der Waals surface area contributed by atoms with Crippen LogP contribution in [0.15, 0.2) is 36.4 Å². The van der Waals surface area contributed by atoms with Crippen molar-refractivity contribution < 1.29 is 15.0 Å². The summed E-state index contributed by atoms with van der Waals surface area (Å²) in [4.78, 5) is 24.9. The number of aromatic amines is 1. The molecule has 7 heteroatoms. The van der Waals surface area contributed by atoms with Crippen LogP contribution in [0.3, 0.4) is 0 Å². The standard InChI is InChI=1S/C24H30N4O3/c1-24(2,3)18-6-4-5-17(21(18)30)22-25-19-8-7-16(15-20(19)26-22)23(31)28-11-9-27(10-12-28)13-14-29/h4-8,15,29-30H,9-14H2,1-3H3,(H,25,26). The summed E-state index contributed by atoms with van der Waals surface area (Å²) in [5.74, 6) is 0.811. The number of hydrogen-bond acceptors (Lipinski definition) is 5. The molecular formula is C24H30N4O3. The summed E-state index contributed by atoms with van der Waals surface area (Å²) < 4.78 is 0. The molecule has 1 aliphatic heterocycles. The van der Waals surface area contributed by atoms with E-state index >= 15 is 0 Å². The quantitative estimate of drug-likeness (QED) is 0.601. The van der Waals surface area contributed by atoms with E-state index in [9.17, 15) is 9.90 Å². The van der Waals surface area contributed by atoms with Gasteiger partial charge in [0, 0.05) is 38.3 Å². The van der Waals surface area contributed by atoms with Gasteiger partial charge >= 0.3 is 0 Å². The average molecular weight is 423 g/mol. The minimum Gasteiger partial charge on any atom is -0.507 e. The highest BCUT2D eigenvalue weighted by atomic mass is 16.3. The second kappa shape index (κ2) is 8.32. The van der Waals surface area contributed by atoms with Gasteiger partial charge in [-0.2, -0.15) is 0 Å². The number of β-amino-alcohol motifs (C(OH)–C–C–N with tert-alkyl or cyclic N) is 1. The fourth-order valence-electron chi connectivity index (χ4n) is 4.11. The number of aromatic nitrogens is 2. The van der Waals surface area contributed by atoms with E-state index in [-0.39, 0.29) is 23.7 Å². The minimum absolute atomic E-state index is 0.000671. The Bertz CT molecular complexity index is 1090. The third-order valence-corrected chi connectivity index (χ3v) is 5.90. The van der Waals surface area contributed by atoms with Crippen LogP contribution >= 0.6 is 0 Å². The number of carbonyl (C=O) groups is 1. The molecule has 0 unspecified atom stereocenters. The van der Waals surface area contributed by atoms with E-state index in [1.165, 1.54) is 0 Å². The maximum absolute atomic E-state index is 13.0. The molecule has 0 bridgehead atoms. The number of imidazole rings is 1. The van der Waals surface area contributed by atoms with Crippen molar-refractivity contribution in [3.63, 3.8) is 0 Å². The van der Waals surface area contributed by atoms with Gasteiger partial charge in [0.05, 0.1) is 23.2 Å². The number of fused-ring (bicyclic) bond motifs is 1. The van der Waals surface area contributed by atoms with Crippen molar-refractivity contribution in [2.75, 3.05) is 39.3 Å². The molecule has 1 aliphatic rings. The van der Waals surface area contributed by atoms with E-state index in [4.69, 9.17) is 5.11 Å². The Balaban J connectivity index is 1.59. The molecule has 3 N–H and O–H groups in total. The number of amides is 1. The fraction of sp³-hybridized carbons (Fsp3) is 0.417. The molecule has 0 radical (unpaired) electrons. The lowest BCUT2D eigenvalue weighted by molar-refractivity contribution is 0.0615. The molecule has 31 heavy (non-hydrogen) atoms. The van der Waals surface area contributed by atoms with Gasteiger partial charge in [0.25, 0.3) is 5.91 Å². The van der Waals surface area contributed by atoms with E-state index in [1.807, 2.05) is 35.2 Å². The first-order chi connectivity index (χ1) is 14.8. The molecule has 164 valence electrons. The number of nitrogens with zero attached hydrogens (tertiary/aromatic N) is 3. The summed E-state index contributed by atoms with van der Waals surface area (Å²) >= 11 is 0. The number of aliphatic hydroxyl groups excluding tert-OH is 1. The van der Waals surface area contributed by atoms with Crippen LogP contribution in [0.1, 0.15) is 36.7 Å². The van der Waals surface area contributed by atoms with E-state index < -0.39 is 0 Å². The zero-order valence-corrected chi connectivity index (χ0v) is 18.4. The summed E-state index contributed by atoms with van der Waals surface area (Å²) in [6, 6.07) is 11.2. The molecule has 0 aliphatic carbocycles. The van der Waals surface area contributed by atoms with Gasteiger partial charge in [-0.25, -0.2) is 4.98 Å². The molecule has 2 heterocycles. The number of phenols is 1. The molecule has 4 rings (SSSR count). The number of phenolic OH excluding ortho intramolecular Hbond substituents is 1. The predicted octanol–water partition coefficient (Wildman–Crippen LogP) is 2.98. The average Bonchev–Trinajstić information content (AvgIpc) is 3.16. The maximum Gasteiger partial charge on any atom is 0.254 e.